The summed E-state index contributed by atoms with van der Waals surface area (Å²) in [6.45, 7) is 0. The van der Waals surface area contributed by atoms with Gasteiger partial charge in [0, 0.05) is 17.6 Å². The summed E-state index contributed by atoms with van der Waals surface area (Å²) in [5.74, 6) is -5.64. The Morgan fingerprint density at radius 1 is 1.50 bits per heavy atom. The Morgan fingerprint density at radius 2 is 2.25 bits per heavy atom. The Balaban J connectivity index is 1.74. The zero-order valence-corrected chi connectivity index (χ0v) is 15.9. The van der Waals surface area contributed by atoms with E-state index in [1.165, 1.54) is 18.4 Å². The number of rotatable bonds is 6. The van der Waals surface area contributed by atoms with Crippen molar-refractivity contribution in [1.82, 2.24) is 10.2 Å². The van der Waals surface area contributed by atoms with Gasteiger partial charge in [0.05, 0.1) is 6.42 Å². The first kappa shape index (κ1) is 18.9. The second-order valence-electron chi connectivity index (χ2n) is 6.24. The Kier molecular flexibility index (Phi) is 4.26. The Morgan fingerprint density at radius 3 is 2.82 bits per heavy atom. The molecule has 5 aliphatic rings. The molecule has 1 aromatic heterocycles. The molecule has 0 aromatic carbocycles. The van der Waals surface area contributed by atoms with Crippen LogP contribution in [0.1, 0.15) is 4.88 Å². The van der Waals surface area contributed by atoms with Gasteiger partial charge in [-0.2, -0.15) is 0 Å². The van der Waals surface area contributed by atoms with Crippen LogP contribution in [0.3, 0.4) is 0 Å². The third-order valence-corrected chi connectivity index (χ3v) is 7.20. The average Bonchev–Trinajstić information content (AvgIpc) is 3.07. The molecule has 4 bridgehead atoms. The van der Waals surface area contributed by atoms with E-state index < -0.39 is 45.8 Å². The maximum Gasteiger partial charge on any atom is 0.352 e. The van der Waals surface area contributed by atoms with Crippen LogP contribution in [-0.2, 0) is 35.1 Å². The Bertz CT molecular complexity index is 916. The van der Waals surface area contributed by atoms with E-state index in [-0.39, 0.29) is 18.3 Å². The first-order chi connectivity index (χ1) is 13.3. The van der Waals surface area contributed by atoms with Crippen molar-refractivity contribution in [1.29, 1.82) is 0 Å². The van der Waals surface area contributed by atoms with Gasteiger partial charge in [-0.25, -0.2) is 4.79 Å². The number of nitrogens with one attached hydrogen (secondary N) is 1. The zero-order chi connectivity index (χ0) is 20.3. The number of aliphatic hydroxyl groups is 1. The summed E-state index contributed by atoms with van der Waals surface area (Å²) in [7, 11) is 1.20. The van der Waals surface area contributed by atoms with Crippen LogP contribution in [-0.4, -0.2) is 68.6 Å². The molecule has 0 aliphatic carbocycles. The molecule has 0 spiro atoms. The minimum atomic E-state index is -2.62. The third-order valence-electron chi connectivity index (χ3n) is 4.80. The van der Waals surface area contributed by atoms with Crippen molar-refractivity contribution in [2.75, 3.05) is 7.11 Å². The molecule has 12 heteroatoms. The summed E-state index contributed by atoms with van der Waals surface area (Å²) in [5.41, 5.74) is -2.78. The highest BCUT2D eigenvalue weighted by Gasteiger charge is 2.82. The number of carbonyl (C=O) groups excluding carboxylic acids is 3. The van der Waals surface area contributed by atoms with Gasteiger partial charge in [-0.3, -0.25) is 19.3 Å². The fourth-order valence-electron chi connectivity index (χ4n) is 3.60. The van der Waals surface area contributed by atoms with Crippen molar-refractivity contribution in [3.05, 3.63) is 33.7 Å². The van der Waals surface area contributed by atoms with Crippen LogP contribution in [0.25, 0.3) is 0 Å². The molecule has 5 aliphatic heterocycles. The van der Waals surface area contributed by atoms with Crippen LogP contribution in [0.2, 0.25) is 0 Å². The lowest BCUT2D eigenvalue weighted by molar-refractivity contribution is -0.424. The number of esters is 1. The lowest BCUT2D eigenvalue weighted by atomic mass is 9.93. The number of aldehydes is 1. The van der Waals surface area contributed by atoms with Crippen molar-refractivity contribution >= 4 is 47.2 Å². The molecule has 10 nitrogen and oxygen atoms in total. The van der Waals surface area contributed by atoms with E-state index in [1.807, 2.05) is 0 Å². The highest BCUT2D eigenvalue weighted by atomic mass is 32.2. The highest BCUT2D eigenvalue weighted by Crippen LogP contribution is 2.60. The van der Waals surface area contributed by atoms with Crippen molar-refractivity contribution < 1.29 is 38.9 Å². The van der Waals surface area contributed by atoms with E-state index in [0.29, 0.717) is 0 Å². The number of carboxylic acids is 1. The van der Waals surface area contributed by atoms with E-state index in [0.717, 1.165) is 21.5 Å². The number of methoxy groups -OCH3 is 1. The molecule has 6 rings (SSSR count). The van der Waals surface area contributed by atoms with Gasteiger partial charge >= 0.3 is 17.8 Å². The van der Waals surface area contributed by atoms with Crippen LogP contribution in [0, 0.1) is 0 Å². The predicted octanol–water partition coefficient (Wildman–Crippen LogP) is -0.753. The maximum atomic E-state index is 12.5. The van der Waals surface area contributed by atoms with Gasteiger partial charge in [-0.1, -0.05) is 6.07 Å². The number of hydrogen-bond donors (Lipinski definition) is 3. The largest absolute Gasteiger partial charge is 0.477 e. The van der Waals surface area contributed by atoms with Gasteiger partial charge in [-0.05, 0) is 11.4 Å². The second-order valence-corrected chi connectivity index (χ2v) is 8.46. The average molecular weight is 426 g/mol. The molecule has 28 heavy (non-hydrogen) atoms. The topological polar surface area (TPSA) is 142 Å². The van der Waals surface area contributed by atoms with Gasteiger partial charge in [0.2, 0.25) is 5.91 Å². The van der Waals surface area contributed by atoms with Gasteiger partial charge < -0.3 is 25.0 Å². The molecule has 0 radical (unpaired) electrons. The Hall–Kier alpha value is -2.41. The molecular weight excluding hydrogens is 412 g/mol. The zero-order valence-electron chi connectivity index (χ0n) is 14.3. The molecule has 3 fully saturated rings. The van der Waals surface area contributed by atoms with E-state index in [9.17, 15) is 29.4 Å². The maximum absolute atomic E-state index is 12.5. The molecule has 4 atom stereocenters. The molecule has 148 valence electrons. The monoisotopic (exact) mass is 426 g/mol. The minimum Gasteiger partial charge on any atom is -0.477 e. The lowest BCUT2D eigenvalue weighted by Gasteiger charge is -2.64. The standard InChI is InChI=1S/C16H14N2O8S2/c1-25-15(17-9(20)5-7-3-2-4-27-7)14-18-10(12(21)22)8(6-19)11(28-14)13(23)26-16(15,18)24/h2-4,6,11,14,24H,5H2,1H3,(H,17,20)(H,21,22)/t11?,14-,15?,16?/m0/s1. The van der Waals surface area contributed by atoms with Gasteiger partial charge in [0.25, 0.3) is 5.72 Å². The predicted molar refractivity (Wildman–Crippen MR) is 94.7 cm³/mol. The summed E-state index contributed by atoms with van der Waals surface area (Å²) in [6, 6.07) is 3.54. The fraction of sp³-hybridized carbons (Fsp3) is 0.375. The van der Waals surface area contributed by atoms with Crippen LogP contribution in [0.4, 0.5) is 0 Å². The number of carbonyl (C=O) groups is 4. The van der Waals surface area contributed by atoms with Gasteiger partial charge in [0.1, 0.15) is 22.6 Å². The smallest absolute Gasteiger partial charge is 0.352 e. The number of aliphatic carboxylic acids is 1. The van der Waals surface area contributed by atoms with Crippen molar-refractivity contribution in [2.45, 2.75) is 28.7 Å². The van der Waals surface area contributed by atoms with Crippen molar-refractivity contribution in [3.8, 4) is 0 Å². The summed E-state index contributed by atoms with van der Waals surface area (Å²) < 4.78 is 10.5. The molecule has 1 aromatic rings. The van der Waals surface area contributed by atoms with E-state index in [2.05, 4.69) is 5.32 Å². The summed E-state index contributed by atoms with van der Waals surface area (Å²) in [6.07, 6.45) is 0.251. The number of hydrogen-bond acceptors (Lipinski definition) is 10. The number of carboxylic acid groups (broad SMARTS) is 1. The first-order valence-electron chi connectivity index (χ1n) is 8.00. The quantitative estimate of drug-likeness (QED) is 0.302. The third kappa shape index (κ3) is 2.28. The van der Waals surface area contributed by atoms with Crippen LogP contribution >= 0.6 is 23.1 Å². The summed E-state index contributed by atoms with van der Waals surface area (Å²) >= 11 is 2.23. The highest BCUT2D eigenvalue weighted by molar-refractivity contribution is 8.01. The number of ether oxygens (including phenoxy) is 2. The summed E-state index contributed by atoms with van der Waals surface area (Å²) in [5, 5.41) is 22.8. The first-order valence-corrected chi connectivity index (χ1v) is 9.82. The molecule has 1 amide bonds. The van der Waals surface area contributed by atoms with Crippen LogP contribution in [0.5, 0.6) is 0 Å². The Labute approximate surface area is 166 Å². The molecule has 3 N–H and O–H groups in total. The van der Waals surface area contributed by atoms with Crippen molar-refractivity contribution in [2.24, 2.45) is 0 Å². The van der Waals surface area contributed by atoms with Gasteiger partial charge in [0.15, 0.2) is 0 Å². The molecule has 6 heterocycles. The molecule has 0 saturated carbocycles. The fourth-order valence-corrected chi connectivity index (χ4v) is 5.91. The minimum absolute atomic E-state index is 0.00513. The number of amides is 1. The normalized spacial score (nSPS) is 33.1. The molecular formula is C16H14N2O8S2. The summed E-state index contributed by atoms with van der Waals surface area (Å²) in [4.78, 5) is 49.8. The SMILES string of the molecule is COC1(NC(=O)Cc2cccs2)[C@@H]2SC3C(=O)OC1(O)N2C(C(=O)O)=C3C=O. The number of thiophene rings is 1. The van der Waals surface area contributed by atoms with E-state index in [1.54, 1.807) is 17.5 Å². The number of thioether (sulfide) groups is 1. The van der Waals surface area contributed by atoms with E-state index in [4.69, 9.17) is 9.47 Å². The lowest BCUT2D eigenvalue weighted by Crippen LogP contribution is -2.89. The van der Waals surface area contributed by atoms with E-state index >= 15 is 0 Å². The van der Waals surface area contributed by atoms with Crippen LogP contribution in [0.15, 0.2) is 28.8 Å². The molecule has 3 unspecified atom stereocenters. The van der Waals surface area contributed by atoms with Gasteiger partial charge in [-0.15, -0.1) is 23.1 Å². The van der Waals surface area contributed by atoms with Crippen molar-refractivity contribution in [3.63, 3.8) is 0 Å². The number of nitrogens with zero attached hydrogens (tertiary/aromatic N) is 1. The second kappa shape index (κ2) is 6.30. The molecule has 3 saturated heterocycles. The van der Waals surface area contributed by atoms with Crippen LogP contribution < -0.4 is 5.32 Å².